The van der Waals surface area contributed by atoms with Gasteiger partial charge in [0.05, 0.1) is 0 Å². The first kappa shape index (κ1) is 12.8. The lowest BCUT2D eigenvalue weighted by Gasteiger charge is -2.29. The monoisotopic (exact) mass is 275 g/mol. The summed E-state index contributed by atoms with van der Waals surface area (Å²) in [6, 6.07) is 0.250. The molecule has 3 saturated carbocycles. The van der Waals surface area contributed by atoms with Gasteiger partial charge in [0.15, 0.2) is 0 Å². The predicted molar refractivity (Wildman–Crippen MR) is 76.0 cm³/mol. The topological polar surface area (TPSA) is 37.4 Å². The highest BCUT2D eigenvalue weighted by Gasteiger charge is 2.57. The Morgan fingerprint density at radius 2 is 1.70 bits per heavy atom. The van der Waals surface area contributed by atoms with E-state index < -0.39 is 0 Å². The van der Waals surface area contributed by atoms with Crippen LogP contribution >= 0.6 is 0 Å². The van der Waals surface area contributed by atoms with Crippen LogP contribution in [-0.4, -0.2) is 29.2 Å². The van der Waals surface area contributed by atoms with Crippen LogP contribution in [0.25, 0.3) is 0 Å². The van der Waals surface area contributed by atoms with Gasteiger partial charge < -0.3 is 4.90 Å². The molecule has 1 amide bonds. The number of fused-ring (bicyclic) bond motifs is 1. The fourth-order valence-electron chi connectivity index (χ4n) is 5.28. The van der Waals surface area contributed by atoms with Gasteiger partial charge in [-0.25, -0.2) is 0 Å². The number of Topliss-reactive ketones (excluding diaryl/α,β-unsaturated/α-hetero) is 1. The summed E-state index contributed by atoms with van der Waals surface area (Å²) in [6.07, 6.45) is 10.1. The van der Waals surface area contributed by atoms with Crippen LogP contribution in [0, 0.1) is 23.7 Å². The Bertz CT molecular complexity index is 421. The molecule has 1 aliphatic heterocycles. The Labute approximate surface area is 121 Å². The second-order valence-corrected chi connectivity index (χ2v) is 7.34. The maximum Gasteiger partial charge on any atom is 0.226 e. The second-order valence-electron chi connectivity index (χ2n) is 7.34. The maximum absolute atomic E-state index is 12.9. The summed E-state index contributed by atoms with van der Waals surface area (Å²) < 4.78 is 0. The molecule has 4 fully saturated rings. The van der Waals surface area contributed by atoms with Gasteiger partial charge in [-0.1, -0.05) is 12.8 Å². The van der Waals surface area contributed by atoms with Crippen molar-refractivity contribution in [3.05, 3.63) is 0 Å². The third-order valence-electron chi connectivity index (χ3n) is 6.34. The molecule has 4 atom stereocenters. The van der Waals surface area contributed by atoms with Crippen molar-refractivity contribution in [1.82, 2.24) is 4.90 Å². The minimum absolute atomic E-state index is 0.169. The molecule has 0 radical (unpaired) electrons. The smallest absolute Gasteiger partial charge is 0.226 e. The summed E-state index contributed by atoms with van der Waals surface area (Å²) in [6.45, 7) is 0.906. The van der Waals surface area contributed by atoms with E-state index in [1.165, 1.54) is 25.7 Å². The van der Waals surface area contributed by atoms with Crippen LogP contribution < -0.4 is 0 Å². The summed E-state index contributed by atoms with van der Waals surface area (Å²) in [4.78, 5) is 27.0. The number of amides is 1. The van der Waals surface area contributed by atoms with E-state index in [0.29, 0.717) is 29.4 Å². The van der Waals surface area contributed by atoms with Gasteiger partial charge in [-0.05, 0) is 50.4 Å². The number of carbonyl (C=O) groups is 2. The van der Waals surface area contributed by atoms with Crippen molar-refractivity contribution in [3.8, 4) is 0 Å². The third kappa shape index (κ3) is 1.93. The Morgan fingerprint density at radius 3 is 2.35 bits per heavy atom. The van der Waals surface area contributed by atoms with Crippen molar-refractivity contribution in [2.45, 2.75) is 63.8 Å². The van der Waals surface area contributed by atoms with Crippen LogP contribution in [0.4, 0.5) is 0 Å². The Hall–Kier alpha value is -0.860. The number of nitrogens with zero attached hydrogens (tertiary/aromatic N) is 1. The van der Waals surface area contributed by atoms with Gasteiger partial charge >= 0.3 is 0 Å². The van der Waals surface area contributed by atoms with E-state index >= 15 is 0 Å². The van der Waals surface area contributed by atoms with Crippen LogP contribution in [-0.2, 0) is 9.59 Å². The Balaban J connectivity index is 1.47. The molecule has 110 valence electrons. The number of likely N-dealkylation sites (tertiary alicyclic amines) is 1. The van der Waals surface area contributed by atoms with Crippen molar-refractivity contribution in [2.75, 3.05) is 6.54 Å². The standard InChI is InChI=1S/C17H25NO2/c19-15-9-3-7-13(15)14-8-4-10-18(14)17(20)16-11-5-1-2-6-12(11)16/h11-14,16H,1-10H2. The normalized spacial score (nSPS) is 43.7. The summed E-state index contributed by atoms with van der Waals surface area (Å²) in [7, 11) is 0. The number of ketones is 1. The molecule has 1 saturated heterocycles. The van der Waals surface area contributed by atoms with Gasteiger partial charge in [0.25, 0.3) is 0 Å². The quantitative estimate of drug-likeness (QED) is 0.777. The molecule has 4 unspecified atom stereocenters. The van der Waals surface area contributed by atoms with Crippen molar-refractivity contribution in [1.29, 1.82) is 0 Å². The SMILES string of the molecule is O=C1CCCC1C1CCCN1C(=O)C1C2CCCCC21. The van der Waals surface area contributed by atoms with Crippen LogP contribution in [0.5, 0.6) is 0 Å². The minimum atomic E-state index is 0.169. The summed E-state index contributed by atoms with van der Waals surface area (Å²) in [5.74, 6) is 2.71. The zero-order valence-electron chi connectivity index (χ0n) is 12.2. The van der Waals surface area contributed by atoms with Crippen LogP contribution in [0.15, 0.2) is 0 Å². The van der Waals surface area contributed by atoms with E-state index in [4.69, 9.17) is 0 Å². The molecule has 0 aromatic heterocycles. The molecule has 0 aromatic carbocycles. The molecule has 4 rings (SSSR count). The lowest BCUT2D eigenvalue weighted by molar-refractivity contribution is -0.136. The van der Waals surface area contributed by atoms with Gasteiger partial charge in [0, 0.05) is 30.8 Å². The van der Waals surface area contributed by atoms with Gasteiger partial charge in [0.1, 0.15) is 5.78 Å². The molecule has 0 spiro atoms. The average molecular weight is 275 g/mol. The van der Waals surface area contributed by atoms with E-state index in [9.17, 15) is 9.59 Å². The number of carbonyl (C=O) groups excluding carboxylic acids is 2. The minimum Gasteiger partial charge on any atom is -0.339 e. The van der Waals surface area contributed by atoms with Crippen molar-refractivity contribution >= 4 is 11.7 Å². The maximum atomic E-state index is 12.9. The van der Waals surface area contributed by atoms with Crippen LogP contribution in [0.3, 0.4) is 0 Å². The highest BCUT2D eigenvalue weighted by Crippen LogP contribution is 2.56. The Kier molecular flexibility index (Phi) is 3.12. The van der Waals surface area contributed by atoms with Crippen molar-refractivity contribution < 1.29 is 9.59 Å². The van der Waals surface area contributed by atoms with Gasteiger partial charge in [-0.15, -0.1) is 0 Å². The predicted octanol–water partition coefficient (Wildman–Crippen LogP) is 2.78. The number of hydrogen-bond donors (Lipinski definition) is 0. The van der Waals surface area contributed by atoms with E-state index in [-0.39, 0.29) is 12.0 Å². The van der Waals surface area contributed by atoms with E-state index in [1.54, 1.807) is 0 Å². The fraction of sp³-hybridized carbons (Fsp3) is 0.882. The zero-order chi connectivity index (χ0) is 13.7. The Morgan fingerprint density at radius 1 is 0.950 bits per heavy atom. The van der Waals surface area contributed by atoms with Gasteiger partial charge in [0.2, 0.25) is 5.91 Å². The lowest BCUT2D eigenvalue weighted by atomic mass is 9.95. The first-order valence-corrected chi connectivity index (χ1v) is 8.60. The molecule has 3 nitrogen and oxygen atoms in total. The molecule has 20 heavy (non-hydrogen) atoms. The average Bonchev–Trinajstić information content (AvgIpc) is 2.78. The third-order valence-corrected chi connectivity index (χ3v) is 6.34. The van der Waals surface area contributed by atoms with Crippen molar-refractivity contribution in [3.63, 3.8) is 0 Å². The van der Waals surface area contributed by atoms with E-state index in [0.717, 1.165) is 38.6 Å². The molecule has 3 heteroatoms. The summed E-state index contributed by atoms with van der Waals surface area (Å²) >= 11 is 0. The highest BCUT2D eigenvalue weighted by molar-refractivity contribution is 5.86. The molecular formula is C17H25NO2. The fourth-order valence-corrected chi connectivity index (χ4v) is 5.28. The molecule has 0 bridgehead atoms. The van der Waals surface area contributed by atoms with Crippen LogP contribution in [0.1, 0.15) is 57.8 Å². The van der Waals surface area contributed by atoms with Crippen molar-refractivity contribution in [2.24, 2.45) is 23.7 Å². The molecular weight excluding hydrogens is 250 g/mol. The molecule has 1 heterocycles. The molecule has 0 N–H and O–H groups in total. The van der Waals surface area contributed by atoms with E-state index in [1.807, 2.05) is 0 Å². The largest absolute Gasteiger partial charge is 0.339 e. The first-order valence-electron chi connectivity index (χ1n) is 8.60. The highest BCUT2D eigenvalue weighted by atomic mass is 16.2. The summed E-state index contributed by atoms with van der Waals surface area (Å²) in [5.41, 5.74) is 0. The zero-order valence-corrected chi connectivity index (χ0v) is 12.2. The van der Waals surface area contributed by atoms with Crippen LogP contribution in [0.2, 0.25) is 0 Å². The lowest BCUT2D eigenvalue weighted by Crippen LogP contribution is -2.42. The molecule has 0 aromatic rings. The van der Waals surface area contributed by atoms with Gasteiger partial charge in [-0.2, -0.15) is 0 Å². The number of rotatable bonds is 2. The van der Waals surface area contributed by atoms with Gasteiger partial charge in [-0.3, -0.25) is 9.59 Å². The first-order chi connectivity index (χ1) is 9.77. The molecule has 3 aliphatic carbocycles. The summed E-state index contributed by atoms with van der Waals surface area (Å²) in [5, 5.41) is 0. The number of hydrogen-bond acceptors (Lipinski definition) is 2. The second kappa shape index (κ2) is 4.85. The molecule has 4 aliphatic rings. The van der Waals surface area contributed by atoms with E-state index in [2.05, 4.69) is 4.90 Å².